The van der Waals surface area contributed by atoms with E-state index in [4.69, 9.17) is 16.3 Å². The molecule has 0 aromatic heterocycles. The van der Waals surface area contributed by atoms with Crippen molar-refractivity contribution in [1.82, 2.24) is 5.32 Å². The van der Waals surface area contributed by atoms with Crippen LogP contribution in [0.25, 0.3) is 0 Å². The molecule has 1 rings (SSSR count). The van der Waals surface area contributed by atoms with Gasteiger partial charge in [-0.1, -0.05) is 19.1 Å². The van der Waals surface area contributed by atoms with Gasteiger partial charge in [0.05, 0.1) is 13.2 Å². The minimum Gasteiger partial charge on any atom is -0.497 e. The molecule has 1 amide bonds. The van der Waals surface area contributed by atoms with Crippen LogP contribution in [0.5, 0.6) is 5.75 Å². The summed E-state index contributed by atoms with van der Waals surface area (Å²) in [5.41, 5.74) is 1.03. The zero-order valence-electron chi connectivity index (χ0n) is 10.4. The average molecular weight is 256 g/mol. The third kappa shape index (κ3) is 3.93. The number of ether oxygens (including phenoxy) is 1. The first-order valence-electron chi connectivity index (χ1n) is 5.66. The van der Waals surface area contributed by atoms with Gasteiger partial charge in [0.25, 0.3) is 0 Å². The number of hydrogen-bond donors (Lipinski definition) is 1. The first-order valence-corrected chi connectivity index (χ1v) is 6.10. The maximum atomic E-state index is 11.6. The molecule has 0 fully saturated rings. The molecular formula is C13H18ClNO2. The third-order valence-corrected chi connectivity index (χ3v) is 3.12. The Labute approximate surface area is 107 Å². The van der Waals surface area contributed by atoms with Crippen molar-refractivity contribution < 1.29 is 9.53 Å². The number of methoxy groups -OCH3 is 1. The maximum absolute atomic E-state index is 11.6. The Morgan fingerprint density at radius 1 is 1.41 bits per heavy atom. The van der Waals surface area contributed by atoms with Crippen LogP contribution >= 0.6 is 11.6 Å². The largest absolute Gasteiger partial charge is 0.497 e. The Morgan fingerprint density at radius 3 is 2.47 bits per heavy atom. The van der Waals surface area contributed by atoms with Gasteiger partial charge in [-0.05, 0) is 31.0 Å². The number of benzene rings is 1. The van der Waals surface area contributed by atoms with Gasteiger partial charge in [-0.2, -0.15) is 0 Å². The zero-order valence-corrected chi connectivity index (χ0v) is 11.1. The number of carbonyl (C=O) groups is 1. The van der Waals surface area contributed by atoms with Crippen molar-refractivity contribution >= 4 is 17.5 Å². The molecule has 0 heterocycles. The van der Waals surface area contributed by atoms with E-state index in [2.05, 4.69) is 5.32 Å². The molecule has 0 saturated heterocycles. The smallest absolute Gasteiger partial charge is 0.238 e. The minimum absolute atomic E-state index is 0.0544. The highest BCUT2D eigenvalue weighted by molar-refractivity contribution is 6.30. The van der Waals surface area contributed by atoms with Crippen LogP contribution in [-0.4, -0.2) is 18.4 Å². The van der Waals surface area contributed by atoms with E-state index in [0.29, 0.717) is 6.42 Å². The fourth-order valence-corrected chi connectivity index (χ4v) is 1.53. The molecule has 0 bridgehead atoms. The van der Waals surface area contributed by atoms with Crippen LogP contribution < -0.4 is 10.1 Å². The summed E-state index contributed by atoms with van der Waals surface area (Å²) in [6, 6.07) is 7.55. The van der Waals surface area contributed by atoms with Crippen molar-refractivity contribution in [2.24, 2.45) is 0 Å². The predicted octanol–water partition coefficient (Wildman–Crippen LogP) is 2.89. The van der Waals surface area contributed by atoms with Crippen molar-refractivity contribution in [1.29, 1.82) is 0 Å². The van der Waals surface area contributed by atoms with Gasteiger partial charge in [-0.25, -0.2) is 0 Å². The van der Waals surface area contributed by atoms with E-state index in [-0.39, 0.29) is 11.9 Å². The zero-order chi connectivity index (χ0) is 12.8. The number of alkyl halides is 1. The van der Waals surface area contributed by atoms with Crippen LogP contribution in [0.3, 0.4) is 0 Å². The van der Waals surface area contributed by atoms with Crippen molar-refractivity contribution in [3.8, 4) is 5.75 Å². The van der Waals surface area contributed by atoms with E-state index in [1.165, 1.54) is 0 Å². The van der Waals surface area contributed by atoms with E-state index >= 15 is 0 Å². The molecule has 0 saturated carbocycles. The lowest BCUT2D eigenvalue weighted by Crippen LogP contribution is -2.33. The highest BCUT2D eigenvalue weighted by Gasteiger charge is 2.15. The Balaban J connectivity index is 2.63. The van der Waals surface area contributed by atoms with Crippen LogP contribution in [0.1, 0.15) is 31.9 Å². The van der Waals surface area contributed by atoms with E-state index < -0.39 is 5.38 Å². The maximum Gasteiger partial charge on any atom is 0.238 e. The monoisotopic (exact) mass is 255 g/mol. The van der Waals surface area contributed by atoms with Gasteiger partial charge in [0.1, 0.15) is 11.1 Å². The lowest BCUT2D eigenvalue weighted by atomic mass is 10.1. The quantitative estimate of drug-likeness (QED) is 0.822. The highest BCUT2D eigenvalue weighted by atomic mass is 35.5. The van der Waals surface area contributed by atoms with Crippen molar-refractivity contribution in [3.05, 3.63) is 29.8 Å². The highest BCUT2D eigenvalue weighted by Crippen LogP contribution is 2.17. The molecule has 0 aliphatic carbocycles. The fourth-order valence-electron chi connectivity index (χ4n) is 1.47. The van der Waals surface area contributed by atoms with Gasteiger partial charge in [-0.15, -0.1) is 11.6 Å². The first-order chi connectivity index (χ1) is 8.08. The molecule has 0 aliphatic rings. The molecule has 17 heavy (non-hydrogen) atoms. The number of nitrogens with one attached hydrogen (secondary N) is 1. The van der Waals surface area contributed by atoms with Gasteiger partial charge in [-0.3, -0.25) is 4.79 Å². The summed E-state index contributed by atoms with van der Waals surface area (Å²) >= 11 is 5.86. The van der Waals surface area contributed by atoms with Gasteiger partial charge in [0.2, 0.25) is 5.91 Å². The van der Waals surface area contributed by atoms with Crippen LogP contribution in [0, 0.1) is 0 Å². The minimum atomic E-state index is -0.462. The Bertz CT molecular complexity index is 364. The second-order valence-corrected chi connectivity index (χ2v) is 4.41. The fraction of sp³-hybridized carbons (Fsp3) is 0.462. The van der Waals surface area contributed by atoms with Crippen LogP contribution in [0.4, 0.5) is 0 Å². The van der Waals surface area contributed by atoms with Crippen molar-refractivity contribution in [2.75, 3.05) is 7.11 Å². The normalized spacial score (nSPS) is 13.9. The molecule has 3 nitrogen and oxygen atoms in total. The van der Waals surface area contributed by atoms with Crippen LogP contribution in [-0.2, 0) is 4.79 Å². The summed E-state index contributed by atoms with van der Waals surface area (Å²) < 4.78 is 5.08. The van der Waals surface area contributed by atoms with Crippen LogP contribution in [0.2, 0.25) is 0 Å². The third-order valence-electron chi connectivity index (χ3n) is 2.62. The van der Waals surface area contributed by atoms with E-state index in [9.17, 15) is 4.79 Å². The number of rotatable bonds is 5. The molecular weight excluding hydrogens is 238 g/mol. The Morgan fingerprint density at radius 2 is 2.00 bits per heavy atom. The summed E-state index contributed by atoms with van der Waals surface area (Å²) in [5, 5.41) is 2.41. The summed E-state index contributed by atoms with van der Waals surface area (Å²) in [4.78, 5) is 11.6. The van der Waals surface area contributed by atoms with Crippen LogP contribution in [0.15, 0.2) is 24.3 Å². The number of hydrogen-bond acceptors (Lipinski definition) is 2. The Kier molecular flexibility index (Phi) is 5.29. The Hall–Kier alpha value is -1.22. The van der Waals surface area contributed by atoms with Crippen molar-refractivity contribution in [3.63, 3.8) is 0 Å². The molecule has 2 unspecified atom stereocenters. The second kappa shape index (κ2) is 6.50. The van der Waals surface area contributed by atoms with E-state index in [1.54, 1.807) is 7.11 Å². The molecule has 4 heteroatoms. The summed E-state index contributed by atoms with van der Waals surface area (Å²) in [5.74, 6) is 0.675. The molecule has 94 valence electrons. The molecule has 2 atom stereocenters. The number of halogens is 1. The van der Waals surface area contributed by atoms with Gasteiger partial charge in [0, 0.05) is 0 Å². The summed E-state index contributed by atoms with van der Waals surface area (Å²) in [6.07, 6.45) is 0.628. The topological polar surface area (TPSA) is 38.3 Å². The second-order valence-electron chi connectivity index (χ2n) is 3.88. The van der Waals surface area contributed by atoms with E-state index in [1.807, 2.05) is 38.1 Å². The molecule has 0 aliphatic heterocycles. The van der Waals surface area contributed by atoms with Gasteiger partial charge in [0.15, 0.2) is 0 Å². The standard InChI is InChI=1S/C13H18ClNO2/c1-4-12(14)13(16)15-9(2)10-5-7-11(17-3)8-6-10/h5-9,12H,4H2,1-3H3,(H,15,16). The van der Waals surface area contributed by atoms with Gasteiger partial charge < -0.3 is 10.1 Å². The number of carbonyl (C=O) groups excluding carboxylic acids is 1. The lowest BCUT2D eigenvalue weighted by Gasteiger charge is -2.16. The van der Waals surface area contributed by atoms with E-state index in [0.717, 1.165) is 11.3 Å². The first kappa shape index (κ1) is 13.8. The van der Waals surface area contributed by atoms with Crippen molar-refractivity contribution in [2.45, 2.75) is 31.7 Å². The predicted molar refractivity (Wildman–Crippen MR) is 69.5 cm³/mol. The molecule has 1 aromatic carbocycles. The number of amides is 1. The van der Waals surface area contributed by atoms with Gasteiger partial charge >= 0.3 is 0 Å². The summed E-state index contributed by atoms with van der Waals surface area (Å²) in [7, 11) is 1.62. The molecule has 0 spiro atoms. The molecule has 1 aromatic rings. The summed E-state index contributed by atoms with van der Waals surface area (Å²) in [6.45, 7) is 3.81. The lowest BCUT2D eigenvalue weighted by molar-refractivity contribution is -0.121. The molecule has 0 radical (unpaired) electrons. The average Bonchev–Trinajstić information content (AvgIpc) is 2.37. The SMILES string of the molecule is CCC(Cl)C(=O)NC(C)c1ccc(OC)cc1. The molecule has 1 N–H and O–H groups in total.